The summed E-state index contributed by atoms with van der Waals surface area (Å²) < 4.78 is 0. The lowest BCUT2D eigenvalue weighted by molar-refractivity contribution is 0.0699. The van der Waals surface area contributed by atoms with Gasteiger partial charge < -0.3 is 5.11 Å². The Balaban J connectivity index is 2.73. The molecule has 4 heteroatoms. The zero-order chi connectivity index (χ0) is 12.3. The standard InChI is InChI=1S/C12H19NO2S/c1-8(2)9(3)13(4)7-10-5-6-16-11(10)12(14)15/h5-6,8-9H,7H2,1-4H3,(H,14,15). The van der Waals surface area contributed by atoms with Crippen LogP contribution in [0.3, 0.4) is 0 Å². The predicted molar refractivity (Wildman–Crippen MR) is 67.0 cm³/mol. The van der Waals surface area contributed by atoms with E-state index >= 15 is 0 Å². The highest BCUT2D eigenvalue weighted by atomic mass is 32.1. The highest BCUT2D eigenvalue weighted by molar-refractivity contribution is 7.12. The van der Waals surface area contributed by atoms with Crippen LogP contribution in [0.15, 0.2) is 11.4 Å². The van der Waals surface area contributed by atoms with E-state index in [1.54, 1.807) is 0 Å². The van der Waals surface area contributed by atoms with E-state index in [0.29, 0.717) is 23.4 Å². The van der Waals surface area contributed by atoms with Crippen LogP contribution in [-0.2, 0) is 6.54 Å². The molecule has 0 aromatic carbocycles. The summed E-state index contributed by atoms with van der Waals surface area (Å²) in [4.78, 5) is 13.6. The third-order valence-corrected chi connectivity index (χ3v) is 3.97. The Hall–Kier alpha value is -0.870. The first-order chi connectivity index (χ1) is 7.43. The quantitative estimate of drug-likeness (QED) is 0.861. The van der Waals surface area contributed by atoms with Crippen LogP contribution in [0.5, 0.6) is 0 Å². The maximum absolute atomic E-state index is 11.0. The van der Waals surface area contributed by atoms with E-state index in [9.17, 15) is 4.79 Å². The van der Waals surface area contributed by atoms with Crippen LogP contribution in [-0.4, -0.2) is 29.1 Å². The molecule has 3 nitrogen and oxygen atoms in total. The van der Waals surface area contributed by atoms with Gasteiger partial charge in [-0.25, -0.2) is 4.79 Å². The molecule has 1 aromatic rings. The molecular formula is C12H19NO2S. The molecule has 0 aliphatic heterocycles. The second-order valence-electron chi connectivity index (χ2n) is 4.48. The minimum atomic E-state index is -0.824. The van der Waals surface area contributed by atoms with Gasteiger partial charge in [0.1, 0.15) is 4.88 Å². The Morgan fingerprint density at radius 1 is 1.50 bits per heavy atom. The molecule has 0 spiro atoms. The fourth-order valence-electron chi connectivity index (χ4n) is 1.57. The molecule has 0 radical (unpaired) electrons. The molecule has 1 heterocycles. The van der Waals surface area contributed by atoms with E-state index < -0.39 is 5.97 Å². The number of hydrogen-bond donors (Lipinski definition) is 1. The molecule has 1 atom stereocenters. The van der Waals surface area contributed by atoms with Gasteiger partial charge in [-0.15, -0.1) is 11.3 Å². The smallest absolute Gasteiger partial charge is 0.346 e. The number of aromatic carboxylic acids is 1. The molecule has 0 aliphatic rings. The third-order valence-electron chi connectivity index (χ3n) is 3.02. The Kier molecular flexibility index (Phi) is 4.50. The van der Waals surface area contributed by atoms with Crippen LogP contribution < -0.4 is 0 Å². The van der Waals surface area contributed by atoms with Crippen molar-refractivity contribution in [2.75, 3.05) is 7.05 Å². The van der Waals surface area contributed by atoms with E-state index in [-0.39, 0.29) is 0 Å². The number of carboxylic acid groups (broad SMARTS) is 1. The van der Waals surface area contributed by atoms with Crippen LogP contribution in [0.4, 0.5) is 0 Å². The van der Waals surface area contributed by atoms with Crippen molar-refractivity contribution < 1.29 is 9.90 Å². The van der Waals surface area contributed by atoms with E-state index in [1.165, 1.54) is 11.3 Å². The molecule has 1 N–H and O–H groups in total. The first-order valence-electron chi connectivity index (χ1n) is 5.43. The maximum Gasteiger partial charge on any atom is 0.346 e. The van der Waals surface area contributed by atoms with E-state index in [1.807, 2.05) is 18.5 Å². The van der Waals surface area contributed by atoms with Gasteiger partial charge >= 0.3 is 5.97 Å². The molecule has 0 aliphatic carbocycles. The van der Waals surface area contributed by atoms with E-state index in [2.05, 4.69) is 25.7 Å². The van der Waals surface area contributed by atoms with Crippen molar-refractivity contribution in [2.24, 2.45) is 5.92 Å². The third kappa shape index (κ3) is 3.06. The first kappa shape index (κ1) is 13.2. The average Bonchev–Trinajstić information content (AvgIpc) is 2.64. The maximum atomic E-state index is 11.0. The van der Waals surface area contributed by atoms with Crippen molar-refractivity contribution in [2.45, 2.75) is 33.4 Å². The minimum absolute atomic E-state index is 0.446. The zero-order valence-electron chi connectivity index (χ0n) is 10.2. The van der Waals surface area contributed by atoms with Gasteiger partial charge in [0.25, 0.3) is 0 Å². The van der Waals surface area contributed by atoms with Crippen LogP contribution in [0.25, 0.3) is 0 Å². The van der Waals surface area contributed by atoms with Crippen LogP contribution >= 0.6 is 11.3 Å². The number of hydrogen-bond acceptors (Lipinski definition) is 3. The van der Waals surface area contributed by atoms with E-state index in [0.717, 1.165) is 5.56 Å². The lowest BCUT2D eigenvalue weighted by Crippen LogP contribution is -2.32. The van der Waals surface area contributed by atoms with Gasteiger partial charge in [-0.05, 0) is 36.9 Å². The molecule has 0 fully saturated rings. The summed E-state index contributed by atoms with van der Waals surface area (Å²) in [6.45, 7) is 7.21. The van der Waals surface area contributed by atoms with Crippen molar-refractivity contribution in [3.63, 3.8) is 0 Å². The summed E-state index contributed by atoms with van der Waals surface area (Å²) in [6.07, 6.45) is 0. The van der Waals surface area contributed by atoms with Gasteiger partial charge in [0.05, 0.1) is 0 Å². The summed E-state index contributed by atoms with van der Waals surface area (Å²) in [5, 5.41) is 10.8. The van der Waals surface area contributed by atoms with Crippen LogP contribution in [0, 0.1) is 5.92 Å². The van der Waals surface area contributed by atoms with Gasteiger partial charge in [0.2, 0.25) is 0 Å². The second kappa shape index (κ2) is 5.46. The SMILES string of the molecule is CC(C)C(C)N(C)Cc1ccsc1C(=O)O. The van der Waals surface area contributed by atoms with Crippen LogP contribution in [0.2, 0.25) is 0 Å². The van der Waals surface area contributed by atoms with E-state index in [4.69, 9.17) is 5.11 Å². The van der Waals surface area contributed by atoms with Gasteiger partial charge in [0, 0.05) is 12.6 Å². The Labute approximate surface area is 101 Å². The van der Waals surface area contributed by atoms with Gasteiger partial charge in [-0.3, -0.25) is 4.90 Å². The Bertz CT molecular complexity index is 360. The lowest BCUT2D eigenvalue weighted by Gasteiger charge is -2.27. The molecular weight excluding hydrogens is 222 g/mol. The molecule has 16 heavy (non-hydrogen) atoms. The van der Waals surface area contributed by atoms with Crippen molar-refractivity contribution in [1.29, 1.82) is 0 Å². The summed E-state index contributed by atoms with van der Waals surface area (Å²) in [6, 6.07) is 2.35. The highest BCUT2D eigenvalue weighted by Crippen LogP contribution is 2.20. The monoisotopic (exact) mass is 241 g/mol. The zero-order valence-corrected chi connectivity index (χ0v) is 11.0. The Morgan fingerprint density at radius 3 is 2.62 bits per heavy atom. The molecule has 0 saturated heterocycles. The number of rotatable bonds is 5. The predicted octanol–water partition coefficient (Wildman–Crippen LogP) is 2.92. The van der Waals surface area contributed by atoms with Crippen LogP contribution in [0.1, 0.15) is 36.0 Å². The molecule has 1 unspecified atom stereocenters. The summed E-state index contributed by atoms with van der Waals surface area (Å²) in [5.74, 6) is -0.257. The van der Waals surface area contributed by atoms with Gasteiger partial charge in [0.15, 0.2) is 0 Å². The lowest BCUT2D eigenvalue weighted by atomic mass is 10.0. The van der Waals surface area contributed by atoms with Crippen molar-refractivity contribution >= 4 is 17.3 Å². The molecule has 1 rings (SSSR count). The topological polar surface area (TPSA) is 40.5 Å². The van der Waals surface area contributed by atoms with Crippen molar-refractivity contribution in [3.05, 3.63) is 21.9 Å². The van der Waals surface area contributed by atoms with Gasteiger partial charge in [-0.2, -0.15) is 0 Å². The molecule has 1 aromatic heterocycles. The fraction of sp³-hybridized carbons (Fsp3) is 0.583. The summed E-state index contributed by atoms with van der Waals surface area (Å²) in [5.41, 5.74) is 0.910. The van der Waals surface area contributed by atoms with Crippen molar-refractivity contribution in [3.8, 4) is 0 Å². The largest absolute Gasteiger partial charge is 0.477 e. The number of carbonyl (C=O) groups is 1. The Morgan fingerprint density at radius 2 is 2.12 bits per heavy atom. The number of thiophene rings is 1. The minimum Gasteiger partial charge on any atom is -0.477 e. The summed E-state index contributed by atoms with van der Waals surface area (Å²) >= 11 is 1.29. The van der Waals surface area contributed by atoms with Gasteiger partial charge in [-0.1, -0.05) is 13.8 Å². The summed E-state index contributed by atoms with van der Waals surface area (Å²) in [7, 11) is 2.04. The molecule has 0 bridgehead atoms. The fourth-order valence-corrected chi connectivity index (χ4v) is 2.32. The van der Waals surface area contributed by atoms with Crippen molar-refractivity contribution in [1.82, 2.24) is 4.90 Å². The second-order valence-corrected chi connectivity index (χ2v) is 5.40. The number of nitrogens with zero attached hydrogens (tertiary/aromatic N) is 1. The average molecular weight is 241 g/mol. The normalized spacial score (nSPS) is 13.4. The number of carboxylic acids is 1. The molecule has 0 saturated carbocycles. The molecule has 90 valence electrons. The highest BCUT2D eigenvalue weighted by Gasteiger charge is 2.17. The first-order valence-corrected chi connectivity index (χ1v) is 6.31. The molecule has 0 amide bonds.